The Hall–Kier alpha value is -2.47. The number of likely N-dealkylation sites (tertiary alicyclic amines) is 1. The maximum absolute atomic E-state index is 12.2. The largest absolute Gasteiger partial charge is 0.470 e. The van der Waals surface area contributed by atoms with Crippen LogP contribution in [0.2, 0.25) is 0 Å². The quantitative estimate of drug-likeness (QED) is 0.313. The highest BCUT2D eigenvalue weighted by Crippen LogP contribution is 2.25. The summed E-state index contributed by atoms with van der Waals surface area (Å²) in [7, 11) is 0. The summed E-state index contributed by atoms with van der Waals surface area (Å²) in [5, 5.41) is 2.92. The molecule has 1 aliphatic rings. The molecule has 6 heteroatoms. The third kappa shape index (κ3) is 6.80. The maximum atomic E-state index is 12.2. The van der Waals surface area contributed by atoms with Crippen LogP contribution >= 0.6 is 11.8 Å². The molecular formula is C24H30N2O3S. The van der Waals surface area contributed by atoms with Gasteiger partial charge in [0.1, 0.15) is 12.3 Å². The minimum absolute atomic E-state index is 0.0446. The van der Waals surface area contributed by atoms with Crippen LogP contribution in [0.15, 0.2) is 59.5 Å². The van der Waals surface area contributed by atoms with Gasteiger partial charge < -0.3 is 10.1 Å². The number of hydrogen-bond acceptors (Lipinski definition) is 4. The Morgan fingerprint density at radius 1 is 1.07 bits per heavy atom. The first-order valence-corrected chi connectivity index (χ1v) is 11.8. The molecule has 0 saturated carbocycles. The predicted octanol–water partition coefficient (Wildman–Crippen LogP) is 4.27. The number of carbonyl (C=O) groups is 2. The molecule has 1 heterocycles. The van der Waals surface area contributed by atoms with Gasteiger partial charge in [0.25, 0.3) is 0 Å². The van der Waals surface area contributed by atoms with Gasteiger partial charge in [0.15, 0.2) is 6.23 Å². The van der Waals surface area contributed by atoms with Gasteiger partial charge in [-0.3, -0.25) is 14.5 Å². The molecule has 160 valence electrons. The number of nitrogens with one attached hydrogen (secondary N) is 1. The Labute approximate surface area is 183 Å². The molecule has 0 aromatic heterocycles. The average molecular weight is 427 g/mol. The van der Waals surface area contributed by atoms with Crippen molar-refractivity contribution in [3.05, 3.63) is 60.2 Å². The fourth-order valence-corrected chi connectivity index (χ4v) is 3.83. The molecule has 0 spiro atoms. The van der Waals surface area contributed by atoms with Crippen molar-refractivity contribution in [1.82, 2.24) is 10.2 Å². The number of aryl methyl sites for hydroxylation is 1. The van der Waals surface area contributed by atoms with E-state index < -0.39 is 0 Å². The van der Waals surface area contributed by atoms with Crippen molar-refractivity contribution in [3.63, 3.8) is 0 Å². The first-order valence-electron chi connectivity index (χ1n) is 10.6. The lowest BCUT2D eigenvalue weighted by Crippen LogP contribution is -2.58. The zero-order valence-electron chi connectivity index (χ0n) is 17.5. The molecule has 3 rings (SSSR count). The number of thioether (sulfide) groups is 1. The number of rotatable bonds is 12. The van der Waals surface area contributed by atoms with E-state index >= 15 is 0 Å². The van der Waals surface area contributed by atoms with Gasteiger partial charge >= 0.3 is 0 Å². The summed E-state index contributed by atoms with van der Waals surface area (Å²) in [5.74, 6) is 0.543. The number of benzene rings is 2. The first kappa shape index (κ1) is 22.2. The van der Waals surface area contributed by atoms with Crippen molar-refractivity contribution >= 4 is 23.6 Å². The van der Waals surface area contributed by atoms with Crippen LogP contribution in [0, 0.1) is 0 Å². The van der Waals surface area contributed by atoms with Crippen molar-refractivity contribution in [2.45, 2.75) is 49.6 Å². The van der Waals surface area contributed by atoms with Crippen LogP contribution in [-0.2, 0) is 16.0 Å². The molecule has 30 heavy (non-hydrogen) atoms. The van der Waals surface area contributed by atoms with Crippen LogP contribution < -0.4 is 10.1 Å². The molecule has 2 aromatic rings. The van der Waals surface area contributed by atoms with Crippen molar-refractivity contribution in [3.8, 4) is 5.75 Å². The highest BCUT2D eigenvalue weighted by molar-refractivity contribution is 7.98. The molecule has 5 nitrogen and oxygen atoms in total. The number of β-lactam (4-membered cyclic amide) rings is 1. The molecule has 1 unspecified atom stereocenters. The van der Waals surface area contributed by atoms with E-state index in [1.807, 2.05) is 36.6 Å². The summed E-state index contributed by atoms with van der Waals surface area (Å²) in [6.07, 6.45) is 7.44. The van der Waals surface area contributed by atoms with E-state index in [1.54, 1.807) is 11.8 Å². The van der Waals surface area contributed by atoms with Crippen molar-refractivity contribution in [2.24, 2.45) is 0 Å². The maximum Gasteiger partial charge on any atom is 0.239 e. The van der Waals surface area contributed by atoms with Gasteiger partial charge in [0, 0.05) is 11.4 Å². The van der Waals surface area contributed by atoms with Crippen LogP contribution in [0.5, 0.6) is 5.75 Å². The molecule has 0 aliphatic carbocycles. The number of hydrogen-bond donors (Lipinski definition) is 1. The molecule has 2 aromatic carbocycles. The normalized spacial score (nSPS) is 15.6. The first-order chi connectivity index (χ1) is 14.7. The molecule has 1 saturated heterocycles. The van der Waals surface area contributed by atoms with Gasteiger partial charge in [-0.15, -0.1) is 11.8 Å². The van der Waals surface area contributed by atoms with Crippen molar-refractivity contribution in [2.75, 3.05) is 19.3 Å². The minimum atomic E-state index is -0.360. The second-order valence-electron chi connectivity index (χ2n) is 7.47. The highest BCUT2D eigenvalue weighted by atomic mass is 32.2. The Balaban J connectivity index is 1.28. The number of amides is 2. The van der Waals surface area contributed by atoms with Crippen LogP contribution in [0.4, 0.5) is 0 Å². The van der Waals surface area contributed by atoms with Crippen LogP contribution in [-0.4, -0.2) is 42.3 Å². The summed E-state index contributed by atoms with van der Waals surface area (Å²) in [6.45, 7) is 0.703. The summed E-state index contributed by atoms with van der Waals surface area (Å²) in [5.41, 5.74) is 1.38. The van der Waals surface area contributed by atoms with E-state index in [1.165, 1.54) is 10.5 Å². The zero-order chi connectivity index (χ0) is 21.2. The monoisotopic (exact) mass is 426 g/mol. The second-order valence-corrected chi connectivity index (χ2v) is 8.35. The average Bonchev–Trinajstić information content (AvgIpc) is 2.78. The molecule has 0 bridgehead atoms. The SMILES string of the molecule is CSc1ccc(OC2CC(=O)N2CC(=O)NCCCCCCc2ccccc2)cc1. The molecule has 1 aliphatic heterocycles. The zero-order valence-corrected chi connectivity index (χ0v) is 18.3. The molecule has 1 fully saturated rings. The number of unbranched alkanes of at least 4 members (excludes halogenated alkanes) is 3. The van der Waals surface area contributed by atoms with E-state index in [9.17, 15) is 9.59 Å². The van der Waals surface area contributed by atoms with Gasteiger partial charge in [-0.1, -0.05) is 43.2 Å². The Bertz CT molecular complexity index is 811. The van der Waals surface area contributed by atoms with Crippen LogP contribution in [0.3, 0.4) is 0 Å². The lowest BCUT2D eigenvalue weighted by atomic mass is 10.1. The minimum Gasteiger partial charge on any atom is -0.470 e. The van der Waals surface area contributed by atoms with Crippen molar-refractivity contribution < 1.29 is 14.3 Å². The van der Waals surface area contributed by atoms with E-state index in [0.717, 1.165) is 37.0 Å². The number of nitrogens with zero attached hydrogens (tertiary/aromatic N) is 1. The van der Waals surface area contributed by atoms with Gasteiger partial charge in [-0.05, 0) is 55.3 Å². The van der Waals surface area contributed by atoms with Crippen LogP contribution in [0.1, 0.15) is 37.7 Å². The summed E-state index contributed by atoms with van der Waals surface area (Å²) in [4.78, 5) is 26.7. The Morgan fingerprint density at radius 3 is 2.50 bits per heavy atom. The molecule has 1 N–H and O–H groups in total. The third-order valence-corrected chi connectivity index (χ3v) is 5.96. The van der Waals surface area contributed by atoms with Crippen LogP contribution in [0.25, 0.3) is 0 Å². The van der Waals surface area contributed by atoms with E-state index in [2.05, 4.69) is 29.6 Å². The predicted molar refractivity (Wildman–Crippen MR) is 121 cm³/mol. The fourth-order valence-electron chi connectivity index (χ4n) is 3.42. The lowest BCUT2D eigenvalue weighted by molar-refractivity contribution is -0.163. The number of ether oxygens (including phenoxy) is 1. The lowest BCUT2D eigenvalue weighted by Gasteiger charge is -2.39. The topological polar surface area (TPSA) is 58.6 Å². The number of carbonyl (C=O) groups excluding carboxylic acids is 2. The Morgan fingerprint density at radius 2 is 1.80 bits per heavy atom. The van der Waals surface area contributed by atoms with E-state index in [-0.39, 0.29) is 24.6 Å². The highest BCUT2D eigenvalue weighted by Gasteiger charge is 2.39. The smallest absolute Gasteiger partial charge is 0.239 e. The molecule has 1 atom stereocenters. The molecule has 2 amide bonds. The van der Waals surface area contributed by atoms with Gasteiger partial charge in [0.2, 0.25) is 11.8 Å². The molecule has 0 radical (unpaired) electrons. The Kier molecular flexibility index (Phi) is 8.63. The third-order valence-electron chi connectivity index (χ3n) is 5.22. The van der Waals surface area contributed by atoms with Gasteiger partial charge in [0.05, 0.1) is 6.42 Å². The van der Waals surface area contributed by atoms with Gasteiger partial charge in [-0.25, -0.2) is 0 Å². The summed E-state index contributed by atoms with van der Waals surface area (Å²) in [6, 6.07) is 18.3. The van der Waals surface area contributed by atoms with Gasteiger partial charge in [-0.2, -0.15) is 0 Å². The second kappa shape index (κ2) is 11.6. The summed E-state index contributed by atoms with van der Waals surface area (Å²) >= 11 is 1.66. The summed E-state index contributed by atoms with van der Waals surface area (Å²) < 4.78 is 5.86. The van der Waals surface area contributed by atoms with Crippen molar-refractivity contribution in [1.29, 1.82) is 0 Å². The van der Waals surface area contributed by atoms with E-state index in [0.29, 0.717) is 18.7 Å². The standard InChI is InChI=1S/C24H30N2O3S/c1-30-21-14-12-20(13-15-21)29-24-17-23(28)26(24)18-22(27)25-16-8-3-2-5-9-19-10-6-4-7-11-19/h4,6-7,10-15,24H,2-3,5,8-9,16-18H2,1H3,(H,25,27). The fraction of sp³-hybridized carbons (Fsp3) is 0.417. The van der Waals surface area contributed by atoms with E-state index in [4.69, 9.17) is 4.74 Å². The molecular weight excluding hydrogens is 396 g/mol.